The number of halogens is 2. The smallest absolute Gasteiger partial charge is 0.323 e. The van der Waals surface area contributed by atoms with Gasteiger partial charge in [0, 0.05) is 30.0 Å². The van der Waals surface area contributed by atoms with Crippen LogP contribution in [0.1, 0.15) is 35.9 Å². The normalized spacial score (nSPS) is 15.0. The van der Waals surface area contributed by atoms with Crippen LogP contribution in [0.4, 0.5) is 18.7 Å². The molecule has 2 amide bonds. The van der Waals surface area contributed by atoms with E-state index in [0.717, 1.165) is 23.8 Å². The van der Waals surface area contributed by atoms with E-state index in [-0.39, 0.29) is 25.0 Å². The number of urea groups is 1. The molecule has 0 spiro atoms. The van der Waals surface area contributed by atoms with E-state index in [4.69, 9.17) is 0 Å². The number of thiazole rings is 1. The monoisotopic (exact) mass is 381 g/mol. The average molecular weight is 381 g/mol. The minimum absolute atomic E-state index is 0.165. The van der Waals surface area contributed by atoms with E-state index in [2.05, 4.69) is 10.3 Å². The molecule has 5 nitrogen and oxygen atoms in total. The summed E-state index contributed by atoms with van der Waals surface area (Å²) < 4.78 is 26.9. The summed E-state index contributed by atoms with van der Waals surface area (Å²) in [7, 11) is 0. The molecule has 26 heavy (non-hydrogen) atoms. The standard InChI is InChI=1S/C18H21F2N3O2S/c1-10(24)9-23(14-5-6-14)18(25)22-17-21-11(2)16(26-17)7-12-3-4-13(19)8-15(12)20/h3-4,8,10,14,24H,5-7,9H2,1-2H3,(H,21,22,25). The Bertz CT molecular complexity index is 806. The number of aliphatic hydroxyl groups excluding tert-OH is 1. The minimum atomic E-state index is -0.612. The van der Waals surface area contributed by atoms with Crippen LogP contribution >= 0.6 is 11.3 Å². The largest absolute Gasteiger partial charge is 0.392 e. The number of hydrogen-bond acceptors (Lipinski definition) is 4. The van der Waals surface area contributed by atoms with Crippen LogP contribution in [-0.2, 0) is 6.42 Å². The minimum Gasteiger partial charge on any atom is -0.392 e. The summed E-state index contributed by atoms with van der Waals surface area (Å²) >= 11 is 1.27. The Kier molecular flexibility index (Phi) is 5.52. The molecule has 3 rings (SSSR count). The fourth-order valence-corrected chi connectivity index (χ4v) is 3.69. The first-order valence-corrected chi connectivity index (χ1v) is 9.31. The zero-order valence-corrected chi connectivity index (χ0v) is 15.4. The molecular weight excluding hydrogens is 360 g/mol. The summed E-state index contributed by atoms with van der Waals surface area (Å²) in [6, 6.07) is 3.37. The molecule has 0 bridgehead atoms. The van der Waals surface area contributed by atoms with Crippen LogP contribution in [0, 0.1) is 18.6 Å². The Morgan fingerprint density at radius 2 is 2.19 bits per heavy atom. The number of hydrogen-bond donors (Lipinski definition) is 2. The van der Waals surface area contributed by atoms with Crippen molar-refractivity contribution in [2.24, 2.45) is 0 Å². The highest BCUT2D eigenvalue weighted by Gasteiger charge is 2.33. The number of carbonyl (C=O) groups is 1. The molecular formula is C18H21F2N3O2S. The van der Waals surface area contributed by atoms with E-state index in [1.807, 2.05) is 0 Å². The Morgan fingerprint density at radius 1 is 1.46 bits per heavy atom. The summed E-state index contributed by atoms with van der Waals surface area (Å²) in [5, 5.41) is 12.8. The Morgan fingerprint density at radius 3 is 2.81 bits per heavy atom. The van der Waals surface area contributed by atoms with Crippen molar-refractivity contribution >= 4 is 22.5 Å². The SMILES string of the molecule is Cc1nc(NC(=O)N(CC(C)O)C2CC2)sc1Cc1ccc(F)cc1F. The summed E-state index contributed by atoms with van der Waals surface area (Å²) in [5.41, 5.74) is 1.08. The van der Waals surface area contributed by atoms with Crippen LogP contribution in [0.25, 0.3) is 0 Å². The fourth-order valence-electron chi connectivity index (χ4n) is 2.72. The zero-order valence-electron chi connectivity index (χ0n) is 14.6. The molecule has 1 atom stereocenters. The van der Waals surface area contributed by atoms with Crippen LogP contribution in [-0.4, -0.2) is 39.7 Å². The molecule has 1 aromatic carbocycles. The number of amides is 2. The maximum absolute atomic E-state index is 13.9. The van der Waals surface area contributed by atoms with Crippen LogP contribution in [0.15, 0.2) is 18.2 Å². The highest BCUT2D eigenvalue weighted by molar-refractivity contribution is 7.15. The van der Waals surface area contributed by atoms with Crippen molar-refractivity contribution in [3.63, 3.8) is 0 Å². The van der Waals surface area contributed by atoms with E-state index >= 15 is 0 Å². The van der Waals surface area contributed by atoms with Crippen molar-refractivity contribution in [3.05, 3.63) is 46.0 Å². The second-order valence-electron chi connectivity index (χ2n) is 6.60. The van der Waals surface area contributed by atoms with Gasteiger partial charge in [-0.2, -0.15) is 0 Å². The van der Waals surface area contributed by atoms with Crippen LogP contribution < -0.4 is 5.32 Å². The van der Waals surface area contributed by atoms with Gasteiger partial charge in [-0.1, -0.05) is 6.07 Å². The third-order valence-corrected chi connectivity index (χ3v) is 5.25. The number of aromatic nitrogens is 1. The van der Waals surface area contributed by atoms with Crippen molar-refractivity contribution in [2.75, 3.05) is 11.9 Å². The number of carbonyl (C=O) groups excluding carboxylic acids is 1. The number of rotatable bonds is 6. The number of nitrogens with zero attached hydrogens (tertiary/aromatic N) is 2. The van der Waals surface area contributed by atoms with Crippen molar-refractivity contribution in [2.45, 2.75) is 45.3 Å². The van der Waals surface area contributed by atoms with Gasteiger partial charge >= 0.3 is 6.03 Å². The van der Waals surface area contributed by atoms with Crippen LogP contribution in [0.2, 0.25) is 0 Å². The first-order chi connectivity index (χ1) is 12.3. The topological polar surface area (TPSA) is 65.5 Å². The molecule has 1 aliphatic rings. The molecule has 0 radical (unpaired) electrons. The Balaban J connectivity index is 1.70. The number of nitrogens with one attached hydrogen (secondary N) is 1. The molecule has 8 heteroatoms. The number of benzene rings is 1. The van der Waals surface area contributed by atoms with Gasteiger partial charge < -0.3 is 10.0 Å². The third kappa shape index (κ3) is 4.56. The molecule has 0 saturated heterocycles. The second kappa shape index (κ2) is 7.67. The van der Waals surface area contributed by atoms with Gasteiger partial charge in [-0.25, -0.2) is 18.6 Å². The van der Waals surface area contributed by atoms with Gasteiger partial charge in [-0.05, 0) is 38.3 Å². The maximum atomic E-state index is 13.9. The predicted octanol–water partition coefficient (Wildman–Crippen LogP) is 3.70. The van der Waals surface area contributed by atoms with E-state index in [1.165, 1.54) is 23.5 Å². The van der Waals surface area contributed by atoms with Crippen molar-refractivity contribution in [1.82, 2.24) is 9.88 Å². The van der Waals surface area contributed by atoms with Crippen LogP contribution in [0.3, 0.4) is 0 Å². The average Bonchev–Trinajstić information content (AvgIpc) is 3.33. The lowest BCUT2D eigenvalue weighted by molar-refractivity contribution is 0.135. The molecule has 1 saturated carbocycles. The molecule has 1 heterocycles. The molecule has 2 aromatic rings. The first kappa shape index (κ1) is 18.7. The van der Waals surface area contributed by atoms with Crippen LogP contribution in [0.5, 0.6) is 0 Å². The van der Waals surface area contributed by atoms with Gasteiger partial charge in [0.2, 0.25) is 0 Å². The summed E-state index contributed by atoms with van der Waals surface area (Å²) in [5.74, 6) is -1.21. The third-order valence-electron chi connectivity index (χ3n) is 4.18. The van der Waals surface area contributed by atoms with Gasteiger partial charge in [0.1, 0.15) is 11.6 Å². The van der Waals surface area contributed by atoms with Gasteiger partial charge in [-0.3, -0.25) is 5.32 Å². The van der Waals surface area contributed by atoms with Gasteiger partial charge in [-0.15, -0.1) is 11.3 Å². The number of aryl methyl sites for hydroxylation is 1. The second-order valence-corrected chi connectivity index (χ2v) is 7.69. The van der Waals surface area contributed by atoms with E-state index in [0.29, 0.717) is 16.4 Å². The van der Waals surface area contributed by atoms with Crippen molar-refractivity contribution in [3.8, 4) is 0 Å². The zero-order chi connectivity index (χ0) is 18.8. The highest BCUT2D eigenvalue weighted by Crippen LogP contribution is 2.30. The summed E-state index contributed by atoms with van der Waals surface area (Å²) in [6.07, 6.45) is 1.56. The summed E-state index contributed by atoms with van der Waals surface area (Å²) in [4.78, 5) is 19.2. The maximum Gasteiger partial charge on any atom is 0.323 e. The number of aliphatic hydroxyl groups is 1. The van der Waals surface area contributed by atoms with Gasteiger partial charge in [0.15, 0.2) is 5.13 Å². The molecule has 140 valence electrons. The molecule has 1 unspecified atom stereocenters. The lowest BCUT2D eigenvalue weighted by atomic mass is 10.1. The predicted molar refractivity (Wildman–Crippen MR) is 96.4 cm³/mol. The Hall–Kier alpha value is -2.06. The van der Waals surface area contributed by atoms with E-state index in [9.17, 15) is 18.7 Å². The highest BCUT2D eigenvalue weighted by atomic mass is 32.1. The lowest BCUT2D eigenvalue weighted by Crippen LogP contribution is -2.41. The lowest BCUT2D eigenvalue weighted by Gasteiger charge is -2.23. The molecule has 1 aromatic heterocycles. The fraction of sp³-hybridized carbons (Fsp3) is 0.444. The first-order valence-electron chi connectivity index (χ1n) is 8.49. The quantitative estimate of drug-likeness (QED) is 0.802. The molecule has 2 N–H and O–H groups in total. The number of anilines is 1. The molecule has 0 aliphatic heterocycles. The van der Waals surface area contributed by atoms with Gasteiger partial charge in [0.05, 0.1) is 11.8 Å². The van der Waals surface area contributed by atoms with E-state index in [1.54, 1.807) is 18.7 Å². The molecule has 1 fully saturated rings. The van der Waals surface area contributed by atoms with Crippen molar-refractivity contribution < 1.29 is 18.7 Å². The van der Waals surface area contributed by atoms with Crippen molar-refractivity contribution in [1.29, 1.82) is 0 Å². The van der Waals surface area contributed by atoms with Gasteiger partial charge in [0.25, 0.3) is 0 Å². The summed E-state index contributed by atoms with van der Waals surface area (Å²) in [6.45, 7) is 3.71. The molecule has 1 aliphatic carbocycles. The Labute approximate surface area is 154 Å². The van der Waals surface area contributed by atoms with E-state index < -0.39 is 17.7 Å².